The van der Waals surface area contributed by atoms with E-state index < -0.39 is 0 Å². The van der Waals surface area contributed by atoms with Gasteiger partial charge in [-0.15, -0.1) is 0 Å². The van der Waals surface area contributed by atoms with E-state index in [0.717, 1.165) is 30.2 Å². The molecule has 1 aromatic rings. The molecule has 3 heteroatoms. The Hall–Kier alpha value is -1.09. The molecule has 0 saturated heterocycles. The van der Waals surface area contributed by atoms with E-state index in [0.29, 0.717) is 18.4 Å². The van der Waals surface area contributed by atoms with Crippen molar-refractivity contribution in [1.29, 1.82) is 0 Å². The zero-order chi connectivity index (χ0) is 13.1. The molecule has 1 aliphatic carbocycles. The molecule has 0 bridgehead atoms. The molecule has 0 aliphatic heterocycles. The third kappa shape index (κ3) is 3.45. The van der Waals surface area contributed by atoms with Crippen molar-refractivity contribution in [2.24, 2.45) is 11.8 Å². The van der Waals surface area contributed by atoms with Crippen LogP contribution in [0.25, 0.3) is 0 Å². The number of hydrogen-bond donors (Lipinski definition) is 1. The Morgan fingerprint density at radius 1 is 1.22 bits per heavy atom. The predicted octanol–water partition coefficient (Wildman–Crippen LogP) is 3.75. The van der Waals surface area contributed by atoms with Crippen LogP contribution < -0.4 is 5.73 Å². The molecule has 0 aromatic heterocycles. The Morgan fingerprint density at radius 2 is 1.89 bits per heavy atom. The fourth-order valence-corrected chi connectivity index (χ4v) is 2.91. The van der Waals surface area contributed by atoms with Crippen LogP contribution in [0.2, 0.25) is 0 Å². The van der Waals surface area contributed by atoms with E-state index in [1.807, 2.05) is 0 Å². The zero-order valence-corrected chi connectivity index (χ0v) is 11.2. The molecule has 1 aliphatic rings. The van der Waals surface area contributed by atoms with Crippen LogP contribution in [0.5, 0.6) is 0 Å². The SMILES string of the molecule is CC1CC(C)CC(OCc2ccc(F)cc2N)C1. The van der Waals surface area contributed by atoms with E-state index in [2.05, 4.69) is 13.8 Å². The van der Waals surface area contributed by atoms with Gasteiger partial charge in [0.15, 0.2) is 0 Å². The van der Waals surface area contributed by atoms with Gasteiger partial charge in [0.25, 0.3) is 0 Å². The summed E-state index contributed by atoms with van der Waals surface area (Å²) in [6.45, 7) is 5.03. The highest BCUT2D eigenvalue weighted by molar-refractivity contribution is 5.46. The summed E-state index contributed by atoms with van der Waals surface area (Å²) in [5.41, 5.74) is 7.13. The van der Waals surface area contributed by atoms with Crippen molar-refractivity contribution >= 4 is 5.69 Å². The van der Waals surface area contributed by atoms with Crippen LogP contribution in [-0.4, -0.2) is 6.10 Å². The van der Waals surface area contributed by atoms with E-state index in [9.17, 15) is 4.39 Å². The molecule has 2 nitrogen and oxygen atoms in total. The number of ether oxygens (including phenoxy) is 1. The molecule has 2 unspecified atom stereocenters. The molecule has 1 saturated carbocycles. The molecule has 18 heavy (non-hydrogen) atoms. The Labute approximate surface area is 108 Å². The third-order valence-electron chi connectivity index (χ3n) is 3.72. The number of anilines is 1. The van der Waals surface area contributed by atoms with E-state index in [-0.39, 0.29) is 5.82 Å². The van der Waals surface area contributed by atoms with Crippen molar-refractivity contribution in [3.63, 3.8) is 0 Å². The Morgan fingerprint density at radius 3 is 2.50 bits per heavy atom. The van der Waals surface area contributed by atoms with Crippen LogP contribution in [0.15, 0.2) is 18.2 Å². The lowest BCUT2D eigenvalue weighted by molar-refractivity contribution is -0.00893. The lowest BCUT2D eigenvalue weighted by Crippen LogP contribution is -2.26. The standard InChI is InChI=1S/C15H22FNO/c1-10-5-11(2)7-14(6-10)18-9-12-3-4-13(16)8-15(12)17/h3-4,8,10-11,14H,5-7,9,17H2,1-2H3. The minimum Gasteiger partial charge on any atom is -0.398 e. The maximum absolute atomic E-state index is 12.9. The van der Waals surface area contributed by atoms with Gasteiger partial charge in [-0.3, -0.25) is 0 Å². The summed E-state index contributed by atoms with van der Waals surface area (Å²) in [5, 5.41) is 0. The smallest absolute Gasteiger partial charge is 0.125 e. The number of halogens is 1. The quantitative estimate of drug-likeness (QED) is 0.830. The van der Waals surface area contributed by atoms with Gasteiger partial charge in [-0.1, -0.05) is 19.9 Å². The third-order valence-corrected chi connectivity index (χ3v) is 3.72. The van der Waals surface area contributed by atoms with Gasteiger partial charge >= 0.3 is 0 Å². The molecule has 0 heterocycles. The number of rotatable bonds is 3. The Bertz CT molecular complexity index is 397. The van der Waals surface area contributed by atoms with Crippen molar-refractivity contribution in [3.05, 3.63) is 29.6 Å². The van der Waals surface area contributed by atoms with Crippen molar-refractivity contribution in [2.75, 3.05) is 5.73 Å². The number of nitrogens with two attached hydrogens (primary N) is 1. The second-order valence-corrected chi connectivity index (χ2v) is 5.69. The average molecular weight is 251 g/mol. The highest BCUT2D eigenvalue weighted by Crippen LogP contribution is 2.31. The van der Waals surface area contributed by atoms with Gasteiger partial charge in [-0.05, 0) is 43.2 Å². The largest absolute Gasteiger partial charge is 0.398 e. The van der Waals surface area contributed by atoms with Gasteiger partial charge in [0, 0.05) is 11.3 Å². The summed E-state index contributed by atoms with van der Waals surface area (Å²) in [6.07, 6.45) is 3.84. The topological polar surface area (TPSA) is 35.2 Å². The molecule has 100 valence electrons. The first kappa shape index (κ1) is 13.3. The van der Waals surface area contributed by atoms with Crippen molar-refractivity contribution in [2.45, 2.75) is 45.8 Å². The first-order chi connectivity index (χ1) is 8.54. The Kier molecular flexibility index (Phi) is 4.23. The Balaban J connectivity index is 1.91. The maximum Gasteiger partial charge on any atom is 0.125 e. The minimum atomic E-state index is -0.295. The predicted molar refractivity (Wildman–Crippen MR) is 71.6 cm³/mol. The molecule has 1 aromatic carbocycles. The van der Waals surface area contributed by atoms with Crippen LogP contribution in [-0.2, 0) is 11.3 Å². The first-order valence-corrected chi connectivity index (χ1v) is 6.70. The van der Waals surface area contributed by atoms with E-state index >= 15 is 0 Å². The molecular weight excluding hydrogens is 229 g/mol. The van der Waals surface area contributed by atoms with Gasteiger partial charge in [-0.25, -0.2) is 4.39 Å². The summed E-state index contributed by atoms with van der Waals surface area (Å²) >= 11 is 0. The molecule has 2 rings (SSSR count). The number of nitrogen functional groups attached to an aromatic ring is 1. The zero-order valence-electron chi connectivity index (χ0n) is 11.2. The summed E-state index contributed by atoms with van der Waals surface area (Å²) in [6, 6.07) is 4.49. The van der Waals surface area contributed by atoms with Crippen LogP contribution in [0.1, 0.15) is 38.7 Å². The van der Waals surface area contributed by atoms with Crippen LogP contribution in [0.4, 0.5) is 10.1 Å². The van der Waals surface area contributed by atoms with Gasteiger partial charge in [0.05, 0.1) is 12.7 Å². The number of hydrogen-bond acceptors (Lipinski definition) is 2. The van der Waals surface area contributed by atoms with E-state index in [1.165, 1.54) is 18.6 Å². The second-order valence-electron chi connectivity index (χ2n) is 5.69. The highest BCUT2D eigenvalue weighted by atomic mass is 19.1. The van der Waals surface area contributed by atoms with Gasteiger partial charge in [0.1, 0.15) is 5.82 Å². The molecule has 2 atom stereocenters. The van der Waals surface area contributed by atoms with Crippen LogP contribution >= 0.6 is 0 Å². The lowest BCUT2D eigenvalue weighted by atomic mass is 9.82. The molecular formula is C15H22FNO. The van der Waals surface area contributed by atoms with Crippen molar-refractivity contribution in [3.8, 4) is 0 Å². The maximum atomic E-state index is 12.9. The lowest BCUT2D eigenvalue weighted by Gasteiger charge is -2.31. The minimum absolute atomic E-state index is 0.295. The second kappa shape index (κ2) is 5.70. The van der Waals surface area contributed by atoms with Gasteiger partial charge < -0.3 is 10.5 Å². The summed E-state index contributed by atoms with van der Waals surface area (Å²) in [7, 11) is 0. The molecule has 2 N–H and O–H groups in total. The van der Waals surface area contributed by atoms with Crippen molar-refractivity contribution < 1.29 is 9.13 Å². The normalized spacial score (nSPS) is 28.3. The summed E-state index contributed by atoms with van der Waals surface area (Å²) < 4.78 is 18.9. The number of benzene rings is 1. The van der Waals surface area contributed by atoms with E-state index in [4.69, 9.17) is 10.5 Å². The monoisotopic (exact) mass is 251 g/mol. The first-order valence-electron chi connectivity index (χ1n) is 6.70. The fraction of sp³-hybridized carbons (Fsp3) is 0.600. The van der Waals surface area contributed by atoms with Crippen LogP contribution in [0, 0.1) is 17.7 Å². The summed E-state index contributed by atoms with van der Waals surface area (Å²) in [5.74, 6) is 1.16. The van der Waals surface area contributed by atoms with Crippen LogP contribution in [0.3, 0.4) is 0 Å². The van der Waals surface area contributed by atoms with Gasteiger partial charge in [0.2, 0.25) is 0 Å². The van der Waals surface area contributed by atoms with E-state index in [1.54, 1.807) is 6.07 Å². The van der Waals surface area contributed by atoms with Crippen molar-refractivity contribution in [1.82, 2.24) is 0 Å². The fourth-order valence-electron chi connectivity index (χ4n) is 2.91. The average Bonchev–Trinajstić information content (AvgIpc) is 2.26. The van der Waals surface area contributed by atoms with Gasteiger partial charge in [-0.2, -0.15) is 0 Å². The summed E-state index contributed by atoms with van der Waals surface area (Å²) in [4.78, 5) is 0. The highest BCUT2D eigenvalue weighted by Gasteiger charge is 2.24. The molecule has 0 amide bonds. The molecule has 1 fully saturated rings. The molecule has 0 radical (unpaired) electrons. The molecule has 0 spiro atoms.